The van der Waals surface area contributed by atoms with E-state index in [1.54, 1.807) is 0 Å². The van der Waals surface area contributed by atoms with Gasteiger partial charge in [-0.05, 0) is 5.56 Å². The molecule has 22 heavy (non-hydrogen) atoms. The summed E-state index contributed by atoms with van der Waals surface area (Å²) in [4.78, 5) is 12.3. The van der Waals surface area contributed by atoms with Crippen LogP contribution in [0.15, 0.2) is 60.7 Å². The number of hydrogen-bond acceptors (Lipinski definition) is 3. The van der Waals surface area contributed by atoms with Crippen molar-refractivity contribution in [1.29, 1.82) is 0 Å². The van der Waals surface area contributed by atoms with Gasteiger partial charge in [0.15, 0.2) is 5.78 Å². The molecule has 0 radical (unpaired) electrons. The Kier molecular flexibility index (Phi) is 4.66. The van der Waals surface area contributed by atoms with Crippen LogP contribution in [0.4, 0.5) is 0 Å². The molecule has 3 nitrogen and oxygen atoms in total. The van der Waals surface area contributed by atoms with Crippen molar-refractivity contribution in [1.82, 2.24) is 0 Å². The molecule has 2 aromatic rings. The van der Waals surface area contributed by atoms with E-state index in [9.17, 15) is 9.90 Å². The zero-order valence-corrected chi connectivity index (χ0v) is 12.4. The molecule has 0 saturated carbocycles. The zero-order chi connectivity index (χ0) is 15.4. The fourth-order valence-electron chi connectivity index (χ4n) is 2.95. The Hall–Kier alpha value is -1.97. The summed E-state index contributed by atoms with van der Waals surface area (Å²) in [5.74, 6) is 0.0616. The Morgan fingerprint density at radius 3 is 2.32 bits per heavy atom. The number of aliphatic hydroxyl groups is 1. The minimum absolute atomic E-state index is 0.0616. The van der Waals surface area contributed by atoms with Gasteiger partial charge in [-0.3, -0.25) is 4.79 Å². The number of aliphatic hydroxyl groups excluding tert-OH is 1. The highest BCUT2D eigenvalue weighted by molar-refractivity contribution is 5.96. The van der Waals surface area contributed by atoms with E-state index < -0.39 is 6.10 Å². The third-order valence-electron chi connectivity index (χ3n) is 4.06. The SMILES string of the molecule is O=C(CC1C[C@@H](O)C[C@@H](c2ccccc2)O1)c1ccccc1. The summed E-state index contributed by atoms with van der Waals surface area (Å²) in [5, 5.41) is 10.1. The summed E-state index contributed by atoms with van der Waals surface area (Å²) < 4.78 is 6.05. The van der Waals surface area contributed by atoms with Crippen LogP contribution >= 0.6 is 0 Å². The molecular weight excluding hydrogens is 276 g/mol. The summed E-state index contributed by atoms with van der Waals surface area (Å²) >= 11 is 0. The Labute approximate surface area is 130 Å². The number of ether oxygens (including phenoxy) is 1. The average Bonchev–Trinajstić information content (AvgIpc) is 2.56. The lowest BCUT2D eigenvalue weighted by Gasteiger charge is -2.33. The van der Waals surface area contributed by atoms with E-state index in [1.165, 1.54) is 0 Å². The molecular formula is C19H20O3. The van der Waals surface area contributed by atoms with E-state index >= 15 is 0 Å². The number of carbonyl (C=O) groups excluding carboxylic acids is 1. The first-order valence-electron chi connectivity index (χ1n) is 7.69. The van der Waals surface area contributed by atoms with Crippen LogP contribution in [-0.2, 0) is 4.74 Å². The summed E-state index contributed by atoms with van der Waals surface area (Å²) in [6, 6.07) is 19.1. The Bertz CT molecular complexity index is 609. The lowest BCUT2D eigenvalue weighted by atomic mass is 9.93. The number of carbonyl (C=O) groups is 1. The fraction of sp³-hybridized carbons (Fsp3) is 0.316. The maximum atomic E-state index is 12.3. The van der Waals surface area contributed by atoms with Crippen LogP contribution in [0.5, 0.6) is 0 Å². The Balaban J connectivity index is 1.68. The molecule has 114 valence electrons. The Morgan fingerprint density at radius 2 is 1.64 bits per heavy atom. The second-order valence-electron chi connectivity index (χ2n) is 5.78. The zero-order valence-electron chi connectivity index (χ0n) is 12.4. The highest BCUT2D eigenvalue weighted by atomic mass is 16.5. The summed E-state index contributed by atoms with van der Waals surface area (Å²) in [6.07, 6.45) is 0.611. The number of hydrogen-bond donors (Lipinski definition) is 1. The van der Waals surface area contributed by atoms with Gasteiger partial charge in [-0.15, -0.1) is 0 Å². The normalized spacial score (nSPS) is 24.9. The highest BCUT2D eigenvalue weighted by Crippen LogP contribution is 2.32. The molecule has 1 aliphatic rings. The average molecular weight is 296 g/mol. The van der Waals surface area contributed by atoms with Gasteiger partial charge in [0.1, 0.15) is 0 Å². The second kappa shape index (κ2) is 6.86. The van der Waals surface area contributed by atoms with Gasteiger partial charge < -0.3 is 9.84 Å². The van der Waals surface area contributed by atoms with Gasteiger partial charge in [-0.25, -0.2) is 0 Å². The van der Waals surface area contributed by atoms with Gasteiger partial charge in [-0.1, -0.05) is 60.7 Å². The predicted molar refractivity (Wildman–Crippen MR) is 84.7 cm³/mol. The number of benzene rings is 2. The monoisotopic (exact) mass is 296 g/mol. The molecule has 3 rings (SSSR count). The maximum Gasteiger partial charge on any atom is 0.165 e. The largest absolute Gasteiger partial charge is 0.393 e. The smallest absolute Gasteiger partial charge is 0.165 e. The first-order valence-corrected chi connectivity index (χ1v) is 7.69. The Morgan fingerprint density at radius 1 is 1.00 bits per heavy atom. The third-order valence-corrected chi connectivity index (χ3v) is 4.06. The van der Waals surface area contributed by atoms with Crippen LogP contribution in [0.2, 0.25) is 0 Å². The molecule has 0 aromatic heterocycles. The van der Waals surface area contributed by atoms with E-state index in [0.717, 1.165) is 5.56 Å². The van der Waals surface area contributed by atoms with Gasteiger partial charge in [0.25, 0.3) is 0 Å². The highest BCUT2D eigenvalue weighted by Gasteiger charge is 2.30. The standard InChI is InChI=1S/C19H20O3/c20-16-11-17(13-18(21)14-7-3-1-4-8-14)22-19(12-16)15-9-5-2-6-10-15/h1-10,16-17,19-20H,11-13H2/t16-,17?,19+/m1/s1. The van der Waals surface area contributed by atoms with E-state index in [0.29, 0.717) is 24.8 Å². The van der Waals surface area contributed by atoms with Crippen molar-refractivity contribution >= 4 is 5.78 Å². The maximum absolute atomic E-state index is 12.3. The fourth-order valence-corrected chi connectivity index (χ4v) is 2.95. The first kappa shape index (κ1) is 14.9. The molecule has 0 amide bonds. The molecule has 0 aliphatic carbocycles. The summed E-state index contributed by atoms with van der Waals surface area (Å²) in [6.45, 7) is 0. The van der Waals surface area contributed by atoms with Gasteiger partial charge >= 0.3 is 0 Å². The van der Waals surface area contributed by atoms with Gasteiger partial charge in [0.2, 0.25) is 0 Å². The van der Waals surface area contributed by atoms with Crippen LogP contribution < -0.4 is 0 Å². The van der Waals surface area contributed by atoms with Crippen LogP contribution in [0.3, 0.4) is 0 Å². The number of Topliss-reactive ketones (excluding diaryl/α,β-unsaturated/α-hetero) is 1. The van der Waals surface area contributed by atoms with Crippen molar-refractivity contribution in [3.8, 4) is 0 Å². The van der Waals surface area contributed by atoms with Gasteiger partial charge in [-0.2, -0.15) is 0 Å². The third kappa shape index (κ3) is 3.62. The van der Waals surface area contributed by atoms with Crippen LogP contribution in [0, 0.1) is 0 Å². The lowest BCUT2D eigenvalue weighted by molar-refractivity contribution is -0.0962. The van der Waals surface area contributed by atoms with Crippen molar-refractivity contribution in [3.05, 3.63) is 71.8 Å². The quantitative estimate of drug-likeness (QED) is 0.878. The van der Waals surface area contributed by atoms with E-state index in [-0.39, 0.29) is 18.0 Å². The van der Waals surface area contributed by atoms with Crippen LogP contribution in [-0.4, -0.2) is 23.1 Å². The van der Waals surface area contributed by atoms with Gasteiger partial charge in [0, 0.05) is 24.8 Å². The minimum Gasteiger partial charge on any atom is -0.393 e. The summed E-state index contributed by atoms with van der Waals surface area (Å²) in [7, 11) is 0. The molecule has 1 aliphatic heterocycles. The van der Waals surface area contributed by atoms with E-state index in [4.69, 9.17) is 4.74 Å². The second-order valence-corrected chi connectivity index (χ2v) is 5.78. The van der Waals surface area contributed by atoms with Crippen molar-refractivity contribution in [2.75, 3.05) is 0 Å². The molecule has 1 unspecified atom stereocenters. The van der Waals surface area contributed by atoms with E-state index in [2.05, 4.69) is 0 Å². The molecule has 3 heteroatoms. The van der Waals surface area contributed by atoms with Crippen LogP contribution in [0.25, 0.3) is 0 Å². The van der Waals surface area contributed by atoms with Crippen molar-refractivity contribution in [3.63, 3.8) is 0 Å². The molecule has 3 atom stereocenters. The molecule has 0 bridgehead atoms. The van der Waals surface area contributed by atoms with E-state index in [1.807, 2.05) is 60.7 Å². The molecule has 2 aromatic carbocycles. The van der Waals surface area contributed by atoms with Crippen molar-refractivity contribution in [2.24, 2.45) is 0 Å². The number of rotatable bonds is 4. The predicted octanol–water partition coefficient (Wildman–Crippen LogP) is 3.54. The van der Waals surface area contributed by atoms with Crippen molar-refractivity contribution in [2.45, 2.75) is 37.6 Å². The topological polar surface area (TPSA) is 46.5 Å². The van der Waals surface area contributed by atoms with Gasteiger partial charge in [0.05, 0.1) is 18.3 Å². The molecule has 1 N–H and O–H groups in total. The molecule has 1 fully saturated rings. The lowest BCUT2D eigenvalue weighted by Crippen LogP contribution is -2.32. The van der Waals surface area contributed by atoms with Crippen molar-refractivity contribution < 1.29 is 14.6 Å². The first-order chi connectivity index (χ1) is 10.7. The number of ketones is 1. The molecule has 1 saturated heterocycles. The summed E-state index contributed by atoms with van der Waals surface area (Å²) in [5.41, 5.74) is 1.75. The molecule has 1 heterocycles. The van der Waals surface area contributed by atoms with Crippen LogP contribution in [0.1, 0.15) is 41.3 Å². The minimum atomic E-state index is -0.424. The molecule has 0 spiro atoms.